The van der Waals surface area contributed by atoms with Crippen LogP contribution in [0.2, 0.25) is 5.04 Å². The zero-order chi connectivity index (χ0) is 22.7. The Morgan fingerprint density at radius 3 is 2.06 bits per heavy atom. The van der Waals surface area contributed by atoms with Gasteiger partial charge in [-0.3, -0.25) is 4.79 Å². The standard InChI is InChI=1S/C27H36O3Si/c1-6-7-10-21-26(28)30-23(2)16-15-22-29-31(27(3,4)5,24-17-11-8-12-18-24)25-19-13-9-14-20-25/h6,8-9,11-20,23H,1,7,10,21-22H2,2-5H3/b16-15+/t23-/m0/s1. The predicted octanol–water partition coefficient (Wildman–Crippen LogP) is 5.41. The van der Waals surface area contributed by atoms with Gasteiger partial charge in [0, 0.05) is 6.42 Å². The highest BCUT2D eigenvalue weighted by atomic mass is 28.4. The lowest BCUT2D eigenvalue weighted by molar-refractivity contribution is -0.146. The van der Waals surface area contributed by atoms with Crippen LogP contribution in [-0.4, -0.2) is 27.0 Å². The van der Waals surface area contributed by atoms with Gasteiger partial charge in [-0.05, 0) is 41.3 Å². The van der Waals surface area contributed by atoms with Crippen LogP contribution in [0.25, 0.3) is 0 Å². The third-order valence-electron chi connectivity index (χ3n) is 5.33. The summed E-state index contributed by atoms with van der Waals surface area (Å²) in [6.07, 6.45) is 7.44. The van der Waals surface area contributed by atoms with Crippen molar-refractivity contribution in [2.75, 3.05) is 6.61 Å². The summed E-state index contributed by atoms with van der Waals surface area (Å²) in [7, 11) is -2.54. The minimum absolute atomic E-state index is 0.0627. The first kappa shape index (κ1) is 24.8. The molecule has 0 N–H and O–H groups in total. The normalized spacial score (nSPS) is 13.2. The minimum atomic E-state index is -2.54. The Kier molecular flexibility index (Phi) is 9.47. The minimum Gasteiger partial charge on any atom is -0.458 e. The van der Waals surface area contributed by atoms with Gasteiger partial charge in [-0.2, -0.15) is 0 Å². The molecule has 0 aromatic heterocycles. The molecule has 0 aliphatic heterocycles. The molecular formula is C27H36O3Si. The van der Waals surface area contributed by atoms with Gasteiger partial charge in [0.2, 0.25) is 0 Å². The highest BCUT2D eigenvalue weighted by Crippen LogP contribution is 2.36. The molecule has 0 heterocycles. The molecule has 2 rings (SSSR count). The molecule has 31 heavy (non-hydrogen) atoms. The van der Waals surface area contributed by atoms with Gasteiger partial charge in [-0.15, -0.1) is 6.58 Å². The molecule has 0 fully saturated rings. The number of esters is 1. The molecule has 0 amide bonds. The van der Waals surface area contributed by atoms with Gasteiger partial charge < -0.3 is 9.16 Å². The highest BCUT2D eigenvalue weighted by Gasteiger charge is 2.49. The van der Waals surface area contributed by atoms with E-state index in [4.69, 9.17) is 9.16 Å². The van der Waals surface area contributed by atoms with Gasteiger partial charge in [0.15, 0.2) is 0 Å². The monoisotopic (exact) mass is 436 g/mol. The molecule has 0 bridgehead atoms. The Bertz CT molecular complexity index is 798. The molecule has 2 aromatic carbocycles. The first-order chi connectivity index (χ1) is 14.8. The maximum atomic E-state index is 11.9. The number of unbranched alkanes of at least 4 members (excludes halogenated alkanes) is 1. The summed E-state index contributed by atoms with van der Waals surface area (Å²) in [6, 6.07) is 21.1. The summed E-state index contributed by atoms with van der Waals surface area (Å²) in [6.45, 7) is 12.8. The second kappa shape index (κ2) is 11.8. The fourth-order valence-electron chi connectivity index (χ4n) is 3.88. The number of carbonyl (C=O) groups is 1. The molecule has 0 unspecified atom stereocenters. The van der Waals surface area contributed by atoms with E-state index in [0.29, 0.717) is 13.0 Å². The zero-order valence-corrected chi connectivity index (χ0v) is 20.3. The number of hydrogen-bond donors (Lipinski definition) is 0. The number of carbonyl (C=O) groups excluding carboxylic acids is 1. The molecule has 0 aliphatic rings. The van der Waals surface area contributed by atoms with Crippen molar-refractivity contribution in [3.05, 3.63) is 85.5 Å². The Morgan fingerprint density at radius 1 is 1.03 bits per heavy atom. The summed E-state index contributed by atoms with van der Waals surface area (Å²) in [4.78, 5) is 11.9. The molecule has 1 atom stereocenters. The lowest BCUT2D eigenvalue weighted by Gasteiger charge is -2.42. The van der Waals surface area contributed by atoms with Crippen molar-refractivity contribution >= 4 is 24.7 Å². The molecule has 0 spiro atoms. The molecule has 2 aromatic rings. The largest absolute Gasteiger partial charge is 0.458 e. The van der Waals surface area contributed by atoms with Crippen LogP contribution in [0.15, 0.2) is 85.5 Å². The van der Waals surface area contributed by atoms with Gasteiger partial charge in [0.25, 0.3) is 8.32 Å². The smallest absolute Gasteiger partial charge is 0.306 e. The van der Waals surface area contributed by atoms with Crippen molar-refractivity contribution in [2.45, 2.75) is 58.1 Å². The number of hydrogen-bond acceptors (Lipinski definition) is 3. The van der Waals surface area contributed by atoms with Gasteiger partial charge in [-0.1, -0.05) is 93.6 Å². The number of allylic oxidation sites excluding steroid dienone is 1. The second-order valence-corrected chi connectivity index (χ2v) is 13.1. The summed E-state index contributed by atoms with van der Waals surface area (Å²) in [5.74, 6) is -0.174. The summed E-state index contributed by atoms with van der Waals surface area (Å²) in [5.41, 5.74) is 0. The van der Waals surface area contributed by atoms with Crippen LogP contribution in [0.3, 0.4) is 0 Å². The van der Waals surface area contributed by atoms with Crippen LogP contribution in [0.4, 0.5) is 0 Å². The first-order valence-corrected chi connectivity index (χ1v) is 12.9. The third kappa shape index (κ3) is 6.78. The molecule has 0 saturated carbocycles. The zero-order valence-electron chi connectivity index (χ0n) is 19.3. The summed E-state index contributed by atoms with van der Waals surface area (Å²) < 4.78 is 12.3. The van der Waals surface area contributed by atoms with Crippen molar-refractivity contribution in [1.29, 1.82) is 0 Å². The molecule has 0 radical (unpaired) electrons. The van der Waals surface area contributed by atoms with E-state index in [-0.39, 0.29) is 17.1 Å². The number of ether oxygens (including phenoxy) is 1. The molecule has 0 aliphatic carbocycles. The molecule has 4 heteroatoms. The average molecular weight is 437 g/mol. The van der Waals surface area contributed by atoms with Crippen LogP contribution in [-0.2, 0) is 14.0 Å². The topological polar surface area (TPSA) is 35.5 Å². The maximum Gasteiger partial charge on any atom is 0.306 e. The van der Waals surface area contributed by atoms with Crippen LogP contribution in [0, 0.1) is 0 Å². The molecule has 3 nitrogen and oxygen atoms in total. The Labute approximate surface area is 188 Å². The SMILES string of the molecule is C=CCCCC(=O)O[C@@H](C)/C=C/CO[Si](c1ccccc1)(c1ccccc1)C(C)(C)C. The second-order valence-electron chi connectivity index (χ2n) is 8.78. The van der Waals surface area contributed by atoms with E-state index in [1.807, 2.05) is 37.3 Å². The number of benzene rings is 2. The van der Waals surface area contributed by atoms with E-state index >= 15 is 0 Å². The summed E-state index contributed by atoms with van der Waals surface area (Å²) >= 11 is 0. The van der Waals surface area contributed by atoms with Crippen LogP contribution >= 0.6 is 0 Å². The third-order valence-corrected chi connectivity index (χ3v) is 10.3. The van der Waals surface area contributed by atoms with Crippen molar-refractivity contribution < 1.29 is 14.0 Å². The van der Waals surface area contributed by atoms with E-state index in [1.165, 1.54) is 10.4 Å². The Morgan fingerprint density at radius 2 is 1.58 bits per heavy atom. The van der Waals surface area contributed by atoms with Crippen LogP contribution in [0.5, 0.6) is 0 Å². The quantitative estimate of drug-likeness (QED) is 0.205. The van der Waals surface area contributed by atoms with E-state index in [9.17, 15) is 4.79 Å². The average Bonchev–Trinajstić information content (AvgIpc) is 2.74. The van der Waals surface area contributed by atoms with E-state index < -0.39 is 8.32 Å². The Balaban J connectivity index is 2.17. The number of rotatable bonds is 11. The molecule has 0 saturated heterocycles. The molecular weight excluding hydrogens is 400 g/mol. The van der Waals surface area contributed by atoms with E-state index in [0.717, 1.165) is 12.8 Å². The van der Waals surface area contributed by atoms with Crippen molar-refractivity contribution in [3.8, 4) is 0 Å². The fraction of sp³-hybridized carbons (Fsp3) is 0.370. The van der Waals surface area contributed by atoms with Crippen molar-refractivity contribution in [1.82, 2.24) is 0 Å². The van der Waals surface area contributed by atoms with Gasteiger partial charge in [0.1, 0.15) is 6.10 Å². The fourth-order valence-corrected chi connectivity index (χ4v) is 8.38. The van der Waals surface area contributed by atoms with Crippen molar-refractivity contribution in [2.24, 2.45) is 0 Å². The van der Waals surface area contributed by atoms with Crippen LogP contribution < -0.4 is 10.4 Å². The van der Waals surface area contributed by atoms with Crippen molar-refractivity contribution in [3.63, 3.8) is 0 Å². The highest BCUT2D eigenvalue weighted by molar-refractivity contribution is 6.99. The lowest BCUT2D eigenvalue weighted by atomic mass is 10.2. The maximum absolute atomic E-state index is 11.9. The van der Waals surface area contributed by atoms with E-state index in [2.05, 4.69) is 75.9 Å². The Hall–Kier alpha value is -2.43. The van der Waals surface area contributed by atoms with E-state index in [1.54, 1.807) is 0 Å². The first-order valence-electron chi connectivity index (χ1n) is 11.0. The molecule has 166 valence electrons. The predicted molar refractivity (Wildman–Crippen MR) is 132 cm³/mol. The van der Waals surface area contributed by atoms with Gasteiger partial charge in [0.05, 0.1) is 6.61 Å². The van der Waals surface area contributed by atoms with Crippen LogP contribution in [0.1, 0.15) is 47.0 Å². The lowest BCUT2D eigenvalue weighted by Crippen LogP contribution is -2.66. The van der Waals surface area contributed by atoms with Gasteiger partial charge >= 0.3 is 5.97 Å². The van der Waals surface area contributed by atoms with Gasteiger partial charge in [-0.25, -0.2) is 0 Å². The summed E-state index contributed by atoms with van der Waals surface area (Å²) in [5, 5.41) is 2.44.